The first-order valence-electron chi connectivity index (χ1n) is 6.23. The molecule has 0 amide bonds. The number of nitrogens with two attached hydrogens (primary N) is 1. The highest BCUT2D eigenvalue weighted by molar-refractivity contribution is 5.77. The number of imidazole rings is 1. The number of rotatable bonds is 1. The summed E-state index contributed by atoms with van der Waals surface area (Å²) in [5.41, 5.74) is 10.8. The van der Waals surface area contributed by atoms with Crippen molar-refractivity contribution in [3.63, 3.8) is 0 Å². The first-order chi connectivity index (χ1) is 9.60. The van der Waals surface area contributed by atoms with E-state index >= 15 is 0 Å². The van der Waals surface area contributed by atoms with Crippen molar-refractivity contribution in [2.24, 2.45) is 0 Å². The van der Waals surface area contributed by atoms with Crippen LogP contribution < -0.4 is 5.73 Å². The van der Waals surface area contributed by atoms with Gasteiger partial charge in [-0.1, -0.05) is 6.07 Å². The molecule has 0 radical (unpaired) electrons. The zero-order valence-corrected chi connectivity index (χ0v) is 11.3. The van der Waals surface area contributed by atoms with Gasteiger partial charge < -0.3 is 5.73 Å². The number of benzene rings is 1. The van der Waals surface area contributed by atoms with E-state index in [1.807, 2.05) is 32.0 Å². The molecule has 0 aliphatic heterocycles. The lowest BCUT2D eigenvalue weighted by molar-refractivity contribution is 1.05. The third kappa shape index (κ3) is 1.79. The monoisotopic (exact) mass is 263 g/mol. The Bertz CT molecular complexity index is 855. The Hall–Kier alpha value is -2.87. The topological polar surface area (TPSA) is 80.5 Å². The molecule has 5 nitrogen and oxygen atoms in total. The molecule has 0 saturated carbocycles. The van der Waals surface area contributed by atoms with Gasteiger partial charge in [-0.2, -0.15) is 5.26 Å². The van der Waals surface area contributed by atoms with Gasteiger partial charge >= 0.3 is 0 Å². The lowest BCUT2D eigenvalue weighted by Crippen LogP contribution is -2.04. The molecule has 0 spiro atoms. The van der Waals surface area contributed by atoms with Crippen LogP contribution in [0, 0.1) is 25.2 Å². The van der Waals surface area contributed by atoms with Crippen LogP contribution in [0.25, 0.3) is 16.9 Å². The Labute approximate surface area is 116 Å². The number of anilines is 1. The summed E-state index contributed by atoms with van der Waals surface area (Å²) in [4.78, 5) is 8.83. The predicted molar refractivity (Wildman–Crippen MR) is 77.5 cm³/mol. The van der Waals surface area contributed by atoms with E-state index < -0.39 is 0 Å². The van der Waals surface area contributed by atoms with E-state index in [1.165, 1.54) is 0 Å². The van der Waals surface area contributed by atoms with Gasteiger partial charge in [0.1, 0.15) is 5.52 Å². The maximum absolute atomic E-state index is 9.06. The van der Waals surface area contributed by atoms with Gasteiger partial charge in [0.25, 0.3) is 0 Å². The molecule has 5 heteroatoms. The SMILES string of the molecule is Cc1ccc2nc(N)n(-c3cc(C#N)ccc3C)c2n1. The van der Waals surface area contributed by atoms with Crippen LogP contribution in [0.2, 0.25) is 0 Å². The molecule has 2 heterocycles. The molecule has 0 fully saturated rings. The van der Waals surface area contributed by atoms with Gasteiger partial charge in [0, 0.05) is 5.69 Å². The van der Waals surface area contributed by atoms with Crippen molar-refractivity contribution in [1.82, 2.24) is 14.5 Å². The molecule has 3 rings (SSSR count). The molecule has 3 aromatic rings. The van der Waals surface area contributed by atoms with Crippen molar-refractivity contribution in [2.75, 3.05) is 5.73 Å². The zero-order valence-electron chi connectivity index (χ0n) is 11.3. The molecule has 98 valence electrons. The number of nitriles is 1. The minimum atomic E-state index is 0.372. The number of hydrogen-bond donors (Lipinski definition) is 1. The van der Waals surface area contributed by atoms with Crippen LogP contribution in [0.4, 0.5) is 5.95 Å². The third-order valence-electron chi connectivity index (χ3n) is 3.25. The molecule has 0 unspecified atom stereocenters. The second-order valence-corrected chi connectivity index (χ2v) is 4.71. The van der Waals surface area contributed by atoms with E-state index in [-0.39, 0.29) is 0 Å². The largest absolute Gasteiger partial charge is 0.369 e. The summed E-state index contributed by atoms with van der Waals surface area (Å²) in [6.45, 7) is 3.89. The van der Waals surface area contributed by atoms with Crippen molar-refractivity contribution in [3.05, 3.63) is 47.2 Å². The quantitative estimate of drug-likeness (QED) is 0.731. The number of fused-ring (bicyclic) bond motifs is 1. The maximum Gasteiger partial charge on any atom is 0.207 e. The van der Waals surface area contributed by atoms with Crippen LogP contribution in [-0.4, -0.2) is 14.5 Å². The highest BCUT2D eigenvalue weighted by Gasteiger charge is 2.13. The van der Waals surface area contributed by atoms with Gasteiger partial charge in [-0.3, -0.25) is 4.57 Å². The second kappa shape index (κ2) is 4.35. The summed E-state index contributed by atoms with van der Waals surface area (Å²) in [6.07, 6.45) is 0. The number of nitrogens with zero attached hydrogens (tertiary/aromatic N) is 4. The fourth-order valence-electron chi connectivity index (χ4n) is 2.23. The molecule has 0 atom stereocenters. The fraction of sp³-hybridized carbons (Fsp3) is 0.133. The average Bonchev–Trinajstić information content (AvgIpc) is 2.75. The first kappa shape index (κ1) is 12.2. The van der Waals surface area contributed by atoms with Crippen molar-refractivity contribution in [3.8, 4) is 11.8 Å². The molecule has 1 aromatic carbocycles. The molecular formula is C15H13N5. The van der Waals surface area contributed by atoms with E-state index in [4.69, 9.17) is 11.0 Å². The molecule has 2 N–H and O–H groups in total. The smallest absolute Gasteiger partial charge is 0.207 e. The fourth-order valence-corrected chi connectivity index (χ4v) is 2.23. The Morgan fingerprint density at radius 1 is 1.15 bits per heavy atom. The lowest BCUT2D eigenvalue weighted by Gasteiger charge is -2.10. The Morgan fingerprint density at radius 3 is 2.70 bits per heavy atom. The Kier molecular flexibility index (Phi) is 2.65. The van der Waals surface area contributed by atoms with Gasteiger partial charge in [-0.15, -0.1) is 0 Å². The van der Waals surface area contributed by atoms with Gasteiger partial charge in [-0.05, 0) is 43.7 Å². The van der Waals surface area contributed by atoms with Crippen molar-refractivity contribution in [1.29, 1.82) is 5.26 Å². The Balaban J connectivity index is 2.37. The van der Waals surface area contributed by atoms with Crippen LogP contribution in [0.3, 0.4) is 0 Å². The number of aryl methyl sites for hydroxylation is 2. The molecule has 2 aromatic heterocycles. The summed E-state index contributed by atoms with van der Waals surface area (Å²) in [5.74, 6) is 0.372. The summed E-state index contributed by atoms with van der Waals surface area (Å²) < 4.78 is 1.79. The third-order valence-corrected chi connectivity index (χ3v) is 3.25. The summed E-state index contributed by atoms with van der Waals surface area (Å²) in [6, 6.07) is 11.4. The van der Waals surface area contributed by atoms with Gasteiger partial charge in [0.2, 0.25) is 5.95 Å². The number of hydrogen-bond acceptors (Lipinski definition) is 4. The van der Waals surface area contributed by atoms with Crippen molar-refractivity contribution < 1.29 is 0 Å². The van der Waals surface area contributed by atoms with Gasteiger partial charge in [-0.25, -0.2) is 9.97 Å². The number of aromatic nitrogens is 3. The highest BCUT2D eigenvalue weighted by Crippen LogP contribution is 2.24. The van der Waals surface area contributed by atoms with Crippen molar-refractivity contribution in [2.45, 2.75) is 13.8 Å². The highest BCUT2D eigenvalue weighted by atomic mass is 15.2. The Morgan fingerprint density at radius 2 is 1.95 bits per heavy atom. The van der Waals surface area contributed by atoms with Crippen LogP contribution in [0.1, 0.15) is 16.8 Å². The van der Waals surface area contributed by atoms with Crippen LogP contribution in [-0.2, 0) is 0 Å². The first-order valence-corrected chi connectivity index (χ1v) is 6.23. The molecule has 0 aliphatic carbocycles. The second-order valence-electron chi connectivity index (χ2n) is 4.71. The van der Waals surface area contributed by atoms with E-state index in [0.29, 0.717) is 17.2 Å². The molecule has 20 heavy (non-hydrogen) atoms. The average molecular weight is 263 g/mol. The minimum Gasteiger partial charge on any atom is -0.369 e. The normalized spacial score (nSPS) is 10.7. The summed E-state index contributed by atoms with van der Waals surface area (Å²) >= 11 is 0. The lowest BCUT2D eigenvalue weighted by atomic mass is 10.1. The standard InChI is InChI=1S/C15H13N5/c1-9-3-5-11(8-16)7-13(9)20-14-12(19-15(20)17)6-4-10(2)18-14/h3-7H,1-2H3,(H2,17,19). The molecular weight excluding hydrogens is 250 g/mol. The van der Waals surface area contributed by atoms with Crippen LogP contribution in [0.15, 0.2) is 30.3 Å². The maximum atomic E-state index is 9.06. The van der Waals surface area contributed by atoms with Gasteiger partial charge in [0.15, 0.2) is 5.65 Å². The summed E-state index contributed by atoms with van der Waals surface area (Å²) in [5, 5.41) is 9.06. The minimum absolute atomic E-state index is 0.372. The number of pyridine rings is 1. The van der Waals surface area contributed by atoms with Gasteiger partial charge in [0.05, 0.1) is 17.3 Å². The van der Waals surface area contributed by atoms with E-state index in [9.17, 15) is 0 Å². The predicted octanol–water partition coefficient (Wildman–Crippen LogP) is 2.49. The summed E-state index contributed by atoms with van der Waals surface area (Å²) in [7, 11) is 0. The molecule has 0 aliphatic rings. The van der Waals surface area contributed by atoms with Crippen molar-refractivity contribution >= 4 is 17.1 Å². The van der Waals surface area contributed by atoms with E-state index in [2.05, 4.69) is 16.0 Å². The van der Waals surface area contributed by atoms with E-state index in [1.54, 1.807) is 16.7 Å². The van der Waals surface area contributed by atoms with E-state index in [0.717, 1.165) is 22.5 Å². The molecule has 0 bridgehead atoms. The van der Waals surface area contributed by atoms with Crippen LogP contribution in [0.5, 0.6) is 0 Å². The zero-order chi connectivity index (χ0) is 14.3. The van der Waals surface area contributed by atoms with Crippen LogP contribution >= 0.6 is 0 Å². The molecule has 0 saturated heterocycles. The number of nitrogen functional groups attached to an aromatic ring is 1.